The minimum Gasteiger partial charge on any atom is -0.374 e. The molecule has 0 radical (unpaired) electrons. The summed E-state index contributed by atoms with van der Waals surface area (Å²) in [5.74, 6) is -0.436. The van der Waals surface area contributed by atoms with Gasteiger partial charge in [0.25, 0.3) is 0 Å². The zero-order valence-corrected chi connectivity index (χ0v) is 55.5. The van der Waals surface area contributed by atoms with Crippen LogP contribution >= 0.6 is 0 Å². The molecule has 15 nitrogen and oxygen atoms in total. The number of ether oxygens (including phenoxy) is 10. The highest BCUT2D eigenvalue weighted by Crippen LogP contribution is 2.59. The molecule has 9 aromatic rings. The van der Waals surface area contributed by atoms with Crippen LogP contribution < -0.4 is 4.90 Å². The number of carbonyl (C=O) groups excluding carboxylic acids is 2. The first-order chi connectivity index (χ1) is 48.1. The summed E-state index contributed by atoms with van der Waals surface area (Å²) in [7, 11) is -4.25. The number of hydrogen-bond donors (Lipinski definition) is 0. The lowest BCUT2D eigenvalue weighted by molar-refractivity contribution is -0.362. The molecule has 9 aromatic carbocycles. The first kappa shape index (κ1) is 68.2. The monoisotopic (exact) mass is 1340 g/mol. The lowest BCUT2D eigenvalue weighted by atomic mass is 9.60. The molecule has 16 heteroatoms. The number of hydrogen-bond acceptors (Lipinski definition) is 14. The van der Waals surface area contributed by atoms with E-state index in [4.69, 9.17) is 47.4 Å². The molecule has 3 aliphatic heterocycles. The predicted molar refractivity (Wildman–Crippen MR) is 371 cm³/mol. The number of nitrogens with zero attached hydrogens (tertiary/aromatic N) is 1. The lowest BCUT2D eigenvalue weighted by Gasteiger charge is -2.57. The second-order valence-electron chi connectivity index (χ2n) is 25.6. The van der Waals surface area contributed by atoms with E-state index in [1.165, 1.54) is 0 Å². The fraction of sp³-hybridized carbons (Fsp3) is 0.317. The summed E-state index contributed by atoms with van der Waals surface area (Å²) in [5, 5.41) is 0. The van der Waals surface area contributed by atoms with Crippen molar-refractivity contribution in [2.24, 2.45) is 5.41 Å². The third kappa shape index (κ3) is 16.9. The number of β-lactam (4-membered cyclic amide) rings is 1. The fourth-order valence-electron chi connectivity index (χ4n) is 13.8. The smallest absolute Gasteiger partial charge is 0.236 e. The van der Waals surface area contributed by atoms with Crippen LogP contribution in [0.1, 0.15) is 76.2 Å². The van der Waals surface area contributed by atoms with Crippen molar-refractivity contribution < 1.29 is 65.4 Å². The average molecular weight is 1340 g/mol. The van der Waals surface area contributed by atoms with E-state index in [1.54, 1.807) is 29.2 Å². The van der Waals surface area contributed by atoms with Crippen molar-refractivity contribution in [3.63, 3.8) is 0 Å². The van der Waals surface area contributed by atoms with Crippen LogP contribution in [0.25, 0.3) is 0 Å². The van der Waals surface area contributed by atoms with Crippen LogP contribution in [0.4, 0.5) is 5.69 Å². The Morgan fingerprint density at radius 3 is 1.14 bits per heavy atom. The summed E-state index contributed by atoms with van der Waals surface area (Å²) in [5.41, 5.74) is 7.04. The standard InChI is InChI=1S/C82H83NO14S/c84-68-45-47-82(48-46-68)79(83(81(82)85)67-39-23-8-24-40-67)66-41-43-69(44-42-66)98(86,87)58-72-74(91-52-62-31-15-4-16-32-62)76(92-53-63-33-17-5-18-34-63)75(71(95-72)57-89-50-60-27-11-2-12-28-60)97-80-78(94-55-65-37-21-7-22-38-65)77(93-54-64-35-19-6-20-36-64)73(90-51-61-29-13-3-14-30-61)70(96-80)56-88-49-59-25-9-1-10-26-59/h1-44,70-80H,45-58H2/t70?,71?,72-,73-,74?,75-,76+,77-,78?,79+,80-/m0/s1. The number of anilines is 1. The molecule has 1 saturated carbocycles. The summed E-state index contributed by atoms with van der Waals surface area (Å²) in [6.07, 6.45) is -8.88. The summed E-state index contributed by atoms with van der Waals surface area (Å²) >= 11 is 0. The number of carbonyl (C=O) groups is 2. The second-order valence-corrected chi connectivity index (χ2v) is 27.7. The highest BCUT2D eigenvalue weighted by molar-refractivity contribution is 7.91. The first-order valence-electron chi connectivity index (χ1n) is 33.8. The van der Waals surface area contributed by atoms with Crippen LogP contribution in [0.2, 0.25) is 0 Å². The van der Waals surface area contributed by atoms with Gasteiger partial charge in [0.15, 0.2) is 16.1 Å². The maximum absolute atomic E-state index is 15.5. The molecule has 506 valence electrons. The van der Waals surface area contributed by atoms with Crippen molar-refractivity contribution in [2.75, 3.05) is 23.9 Å². The maximum atomic E-state index is 15.5. The number of benzene rings is 9. The Bertz CT molecular complexity index is 4030. The molecule has 1 aliphatic carbocycles. The zero-order valence-electron chi connectivity index (χ0n) is 54.7. The summed E-state index contributed by atoms with van der Waals surface area (Å²) in [6, 6.07) is 84.8. The molecule has 11 atom stereocenters. The molecule has 1 spiro atoms. The Labute approximate surface area is 574 Å². The average Bonchev–Trinajstić information content (AvgIpc) is 0.702. The van der Waals surface area contributed by atoms with Crippen LogP contribution in [-0.2, 0) is 113 Å². The Hall–Kier alpha value is -8.33. The Morgan fingerprint density at radius 1 is 0.378 bits per heavy atom. The minimum absolute atomic E-state index is 0.0336. The molecule has 0 aromatic heterocycles. The molecule has 13 rings (SSSR count). The third-order valence-corrected chi connectivity index (χ3v) is 20.7. The van der Waals surface area contributed by atoms with Gasteiger partial charge in [0, 0.05) is 18.5 Å². The van der Waals surface area contributed by atoms with Gasteiger partial charge in [0.2, 0.25) is 5.91 Å². The van der Waals surface area contributed by atoms with Gasteiger partial charge in [-0.3, -0.25) is 9.59 Å². The number of amides is 1. The van der Waals surface area contributed by atoms with Crippen molar-refractivity contribution in [2.45, 2.75) is 144 Å². The SMILES string of the molecule is O=C1CCC2(CC1)C(=O)N(c1ccccc1)[C@@H]2c1ccc(S(=O)(=O)C[C@@H]2OC(COCc3ccccc3)[C@H](O[C@@H]3OC(COCc4ccccc4)[C@H](OCc4ccccc4)[C@H](OCc4ccccc4)C3OCc3ccccc3)[C@H](OCc3ccccc3)C2OCc2ccccc2)cc1. The van der Waals surface area contributed by atoms with E-state index in [2.05, 4.69) is 0 Å². The lowest BCUT2D eigenvalue weighted by Crippen LogP contribution is -2.66. The highest BCUT2D eigenvalue weighted by atomic mass is 32.2. The molecule has 0 N–H and O–H groups in total. The molecule has 3 heterocycles. The largest absolute Gasteiger partial charge is 0.374 e. The maximum Gasteiger partial charge on any atom is 0.236 e. The van der Waals surface area contributed by atoms with Gasteiger partial charge in [0.05, 0.1) is 81.6 Å². The summed E-state index contributed by atoms with van der Waals surface area (Å²) in [4.78, 5) is 28.8. The topological polar surface area (TPSA) is 164 Å². The molecule has 4 aliphatic rings. The molecule has 4 unspecified atom stereocenters. The van der Waals surface area contributed by atoms with Gasteiger partial charge in [-0.15, -0.1) is 0 Å². The van der Waals surface area contributed by atoms with Gasteiger partial charge >= 0.3 is 0 Å². The molecular weight excluding hydrogens is 1250 g/mol. The van der Waals surface area contributed by atoms with Gasteiger partial charge in [0.1, 0.15) is 60.7 Å². The number of Topliss-reactive ketones (excluding diaryl/α,β-unsaturated/α-hetero) is 1. The number of para-hydroxylation sites is 1. The van der Waals surface area contributed by atoms with Gasteiger partial charge in [-0.05, 0) is 81.6 Å². The Kier molecular flexibility index (Phi) is 23.0. The van der Waals surface area contributed by atoms with Crippen molar-refractivity contribution >= 4 is 27.2 Å². The van der Waals surface area contributed by atoms with Crippen LogP contribution in [0.5, 0.6) is 0 Å². The normalized spacial score (nSPS) is 23.9. The second kappa shape index (κ2) is 33.0. The highest BCUT2D eigenvalue weighted by Gasteiger charge is 2.62. The number of rotatable bonds is 30. The van der Waals surface area contributed by atoms with Crippen molar-refractivity contribution in [1.82, 2.24) is 0 Å². The van der Waals surface area contributed by atoms with E-state index in [-0.39, 0.29) is 76.0 Å². The van der Waals surface area contributed by atoms with Crippen molar-refractivity contribution in [3.05, 3.63) is 311 Å². The zero-order chi connectivity index (χ0) is 66.9. The van der Waals surface area contributed by atoms with E-state index < -0.39 is 88.3 Å². The van der Waals surface area contributed by atoms with Gasteiger partial charge in [-0.2, -0.15) is 0 Å². The van der Waals surface area contributed by atoms with E-state index >= 15 is 8.42 Å². The predicted octanol–water partition coefficient (Wildman–Crippen LogP) is 13.9. The summed E-state index contributed by atoms with van der Waals surface area (Å²) < 4.78 is 103. The molecule has 1 amide bonds. The molecule has 4 fully saturated rings. The third-order valence-electron chi connectivity index (χ3n) is 18.9. The van der Waals surface area contributed by atoms with Crippen LogP contribution in [0.3, 0.4) is 0 Å². The van der Waals surface area contributed by atoms with E-state index in [0.717, 1.165) is 50.2 Å². The minimum atomic E-state index is -4.25. The van der Waals surface area contributed by atoms with E-state index in [0.29, 0.717) is 25.7 Å². The van der Waals surface area contributed by atoms with Gasteiger partial charge in [-0.25, -0.2) is 8.42 Å². The van der Waals surface area contributed by atoms with Crippen LogP contribution in [0, 0.1) is 5.41 Å². The van der Waals surface area contributed by atoms with Crippen molar-refractivity contribution in [3.8, 4) is 0 Å². The Morgan fingerprint density at radius 2 is 0.724 bits per heavy atom. The van der Waals surface area contributed by atoms with Gasteiger partial charge < -0.3 is 52.3 Å². The van der Waals surface area contributed by atoms with Crippen molar-refractivity contribution in [1.29, 1.82) is 0 Å². The van der Waals surface area contributed by atoms with Gasteiger partial charge in [-0.1, -0.05) is 243 Å². The molecule has 3 saturated heterocycles. The number of ketones is 1. The van der Waals surface area contributed by atoms with E-state index in [1.807, 2.05) is 243 Å². The van der Waals surface area contributed by atoms with Crippen LogP contribution in [-0.4, -0.2) is 100 Å². The summed E-state index contributed by atoms with van der Waals surface area (Å²) in [6.45, 7) is 1.09. The fourth-order valence-corrected chi connectivity index (χ4v) is 15.3. The quantitative estimate of drug-likeness (QED) is 0.0391. The number of sulfone groups is 1. The van der Waals surface area contributed by atoms with E-state index in [9.17, 15) is 9.59 Å². The van der Waals surface area contributed by atoms with Crippen LogP contribution in [0.15, 0.2) is 272 Å². The Balaban J connectivity index is 0.891. The molecule has 0 bridgehead atoms. The first-order valence-corrected chi connectivity index (χ1v) is 35.5. The molecular formula is C82H83NO14S. The molecule has 98 heavy (non-hydrogen) atoms.